The summed E-state index contributed by atoms with van der Waals surface area (Å²) in [4.78, 5) is 37.6. The number of halogens is 4. The Labute approximate surface area is 225 Å². The minimum absolute atomic E-state index is 0.0181. The number of aromatic nitrogens is 4. The first kappa shape index (κ1) is 31.6. The summed E-state index contributed by atoms with van der Waals surface area (Å²) in [5.74, 6) is -3.06. The normalized spacial score (nSPS) is 10.7. The van der Waals surface area contributed by atoms with E-state index in [-0.39, 0.29) is 31.4 Å². The van der Waals surface area contributed by atoms with E-state index in [0.717, 1.165) is 5.56 Å². The van der Waals surface area contributed by atoms with Gasteiger partial charge >= 0.3 is 12.1 Å². The van der Waals surface area contributed by atoms with Crippen molar-refractivity contribution in [3.8, 4) is 11.4 Å². The van der Waals surface area contributed by atoms with E-state index in [2.05, 4.69) is 25.9 Å². The zero-order chi connectivity index (χ0) is 29.5. The maximum absolute atomic E-state index is 12.5. The molecule has 0 radical (unpaired) electrons. The second kappa shape index (κ2) is 15.7. The molecule has 0 unspecified atom stereocenters. The van der Waals surface area contributed by atoms with Crippen LogP contribution in [0.25, 0.3) is 5.69 Å². The average molecular weight is 571 g/mol. The Balaban J connectivity index is 0.000000708. The number of benzene rings is 1. The van der Waals surface area contributed by atoms with Gasteiger partial charge in [0, 0.05) is 31.0 Å². The first-order valence-corrected chi connectivity index (χ1v) is 11.7. The number of ether oxygens (including phenoxy) is 2. The molecule has 0 spiro atoms. The van der Waals surface area contributed by atoms with Gasteiger partial charge in [-0.1, -0.05) is 11.3 Å². The maximum Gasteiger partial charge on any atom is 0.490 e. The molecule has 0 aliphatic carbocycles. The fraction of sp³-hybridized carbons (Fsp3) is 0.333. The molecule has 12 nitrogen and oxygen atoms in total. The van der Waals surface area contributed by atoms with Gasteiger partial charge in [0.25, 0.3) is 11.8 Å². The van der Waals surface area contributed by atoms with Crippen molar-refractivity contribution in [1.82, 2.24) is 30.6 Å². The van der Waals surface area contributed by atoms with Gasteiger partial charge in [0.1, 0.15) is 24.7 Å². The minimum Gasteiger partial charge on any atom is -0.489 e. The highest BCUT2D eigenvalue weighted by atomic mass is 19.4. The van der Waals surface area contributed by atoms with Gasteiger partial charge in [-0.25, -0.2) is 13.9 Å². The van der Waals surface area contributed by atoms with E-state index in [1.165, 1.54) is 10.9 Å². The summed E-state index contributed by atoms with van der Waals surface area (Å²) in [6.07, 6.45) is -0.304. The predicted octanol–water partition coefficient (Wildman–Crippen LogP) is 2.34. The standard InChI is InChI=1S/C22H25FN6O4.C2HF3O2/c1-2-25-21(30)17-5-6-19(20(12-17)33-11-10-32-9-7-23)29-15-18(27-28-29)22(31)26-14-16-4-3-8-24-13-16;3-2(4,5)1(6)7/h3-6,8,12-13,15H,2,7,9-11,14H2,1H3,(H,25,30)(H,26,31);(H,6,7). The van der Waals surface area contributed by atoms with Crippen molar-refractivity contribution in [2.45, 2.75) is 19.6 Å². The van der Waals surface area contributed by atoms with Crippen molar-refractivity contribution in [3.63, 3.8) is 0 Å². The zero-order valence-corrected chi connectivity index (χ0v) is 21.2. The highest BCUT2D eigenvalue weighted by molar-refractivity contribution is 5.95. The lowest BCUT2D eigenvalue weighted by atomic mass is 10.1. The van der Waals surface area contributed by atoms with Crippen LogP contribution < -0.4 is 15.4 Å². The molecule has 0 aliphatic heterocycles. The van der Waals surface area contributed by atoms with Crippen LogP contribution in [0.2, 0.25) is 0 Å². The summed E-state index contributed by atoms with van der Waals surface area (Å²) in [6, 6.07) is 8.47. The highest BCUT2D eigenvalue weighted by Gasteiger charge is 2.38. The van der Waals surface area contributed by atoms with Gasteiger partial charge in [0.05, 0.1) is 19.4 Å². The SMILES string of the molecule is CCNC(=O)c1ccc(-n2cc(C(=O)NCc3cccnc3)nn2)c(OCCOCCF)c1.O=C(O)C(F)(F)F. The number of pyridine rings is 1. The molecule has 2 heterocycles. The first-order chi connectivity index (χ1) is 19.1. The molecule has 3 rings (SSSR count). The van der Waals surface area contributed by atoms with Crippen LogP contribution in [0.15, 0.2) is 48.9 Å². The summed E-state index contributed by atoms with van der Waals surface area (Å²) < 4.78 is 56.2. The lowest BCUT2D eigenvalue weighted by molar-refractivity contribution is -0.192. The van der Waals surface area contributed by atoms with E-state index in [1.807, 2.05) is 13.0 Å². The molecular formula is C24H26F4N6O6. The summed E-state index contributed by atoms with van der Waals surface area (Å²) in [7, 11) is 0. The molecule has 1 aromatic carbocycles. The van der Waals surface area contributed by atoms with Crippen LogP contribution in [-0.4, -0.2) is 82.1 Å². The second-order valence-corrected chi connectivity index (χ2v) is 7.59. The summed E-state index contributed by atoms with van der Waals surface area (Å²) in [6.45, 7) is 2.32. The monoisotopic (exact) mass is 570 g/mol. The number of carboxylic acid groups (broad SMARTS) is 1. The van der Waals surface area contributed by atoms with Gasteiger partial charge < -0.3 is 25.2 Å². The number of carboxylic acids is 1. The molecule has 3 aromatic rings. The second-order valence-electron chi connectivity index (χ2n) is 7.59. The fourth-order valence-electron chi connectivity index (χ4n) is 2.85. The van der Waals surface area contributed by atoms with E-state index < -0.39 is 24.7 Å². The Morgan fingerprint density at radius 2 is 1.82 bits per heavy atom. The summed E-state index contributed by atoms with van der Waals surface area (Å²) in [5.41, 5.74) is 1.84. The number of amides is 2. The van der Waals surface area contributed by atoms with Crippen molar-refractivity contribution < 1.29 is 46.5 Å². The summed E-state index contributed by atoms with van der Waals surface area (Å²) >= 11 is 0. The molecular weight excluding hydrogens is 544 g/mol. The fourth-order valence-corrected chi connectivity index (χ4v) is 2.85. The molecule has 0 bridgehead atoms. The molecule has 0 saturated carbocycles. The van der Waals surface area contributed by atoms with Crippen LogP contribution in [0.3, 0.4) is 0 Å². The van der Waals surface area contributed by atoms with E-state index >= 15 is 0 Å². The van der Waals surface area contributed by atoms with Crippen molar-refractivity contribution in [1.29, 1.82) is 0 Å². The van der Waals surface area contributed by atoms with E-state index in [4.69, 9.17) is 19.4 Å². The Kier molecular flexibility index (Phi) is 12.4. The molecule has 40 heavy (non-hydrogen) atoms. The highest BCUT2D eigenvalue weighted by Crippen LogP contribution is 2.24. The third kappa shape index (κ3) is 10.3. The number of hydrogen-bond donors (Lipinski definition) is 3. The molecule has 2 amide bonds. The number of alkyl halides is 4. The van der Waals surface area contributed by atoms with Crippen LogP contribution in [-0.2, 0) is 16.1 Å². The number of nitrogens with zero attached hydrogens (tertiary/aromatic N) is 4. The first-order valence-electron chi connectivity index (χ1n) is 11.7. The molecule has 0 atom stereocenters. The average Bonchev–Trinajstić information content (AvgIpc) is 3.42. The van der Waals surface area contributed by atoms with Crippen LogP contribution in [0.4, 0.5) is 17.6 Å². The number of aliphatic carboxylic acids is 1. The number of carbonyl (C=O) groups excluding carboxylic acids is 2. The Bertz CT molecular complexity index is 1260. The van der Waals surface area contributed by atoms with Crippen molar-refractivity contribution >= 4 is 17.8 Å². The van der Waals surface area contributed by atoms with Crippen LogP contribution in [0.5, 0.6) is 5.75 Å². The number of carbonyl (C=O) groups is 3. The van der Waals surface area contributed by atoms with Crippen LogP contribution >= 0.6 is 0 Å². The maximum atomic E-state index is 12.5. The Morgan fingerprint density at radius 3 is 2.45 bits per heavy atom. The third-order valence-electron chi connectivity index (χ3n) is 4.66. The van der Waals surface area contributed by atoms with Gasteiger partial charge in [-0.2, -0.15) is 13.2 Å². The minimum atomic E-state index is -5.08. The smallest absolute Gasteiger partial charge is 0.489 e. The molecule has 216 valence electrons. The molecule has 2 aromatic heterocycles. The molecule has 0 aliphatic rings. The largest absolute Gasteiger partial charge is 0.490 e. The lowest BCUT2D eigenvalue weighted by Crippen LogP contribution is -2.23. The van der Waals surface area contributed by atoms with Gasteiger partial charge in [0.15, 0.2) is 5.69 Å². The van der Waals surface area contributed by atoms with E-state index in [0.29, 0.717) is 30.1 Å². The number of rotatable bonds is 12. The third-order valence-corrected chi connectivity index (χ3v) is 4.66. The number of hydrogen-bond acceptors (Lipinski definition) is 8. The topological polar surface area (TPSA) is 158 Å². The summed E-state index contributed by atoms with van der Waals surface area (Å²) in [5, 5.41) is 20.6. The molecule has 3 N–H and O–H groups in total. The zero-order valence-electron chi connectivity index (χ0n) is 21.2. The predicted molar refractivity (Wildman–Crippen MR) is 131 cm³/mol. The van der Waals surface area contributed by atoms with Gasteiger partial charge in [-0.15, -0.1) is 5.10 Å². The van der Waals surface area contributed by atoms with E-state index in [9.17, 15) is 27.2 Å². The van der Waals surface area contributed by atoms with Crippen molar-refractivity contribution in [2.24, 2.45) is 0 Å². The van der Waals surface area contributed by atoms with Crippen molar-refractivity contribution in [2.75, 3.05) is 33.0 Å². The van der Waals surface area contributed by atoms with Crippen LogP contribution in [0.1, 0.15) is 33.3 Å². The van der Waals surface area contributed by atoms with Crippen molar-refractivity contribution in [3.05, 3.63) is 65.7 Å². The quantitative estimate of drug-likeness (QED) is 0.220. The van der Waals surface area contributed by atoms with Crippen LogP contribution in [0, 0.1) is 0 Å². The number of nitrogens with one attached hydrogen (secondary N) is 2. The lowest BCUT2D eigenvalue weighted by Gasteiger charge is -2.13. The van der Waals surface area contributed by atoms with Gasteiger partial charge in [-0.3, -0.25) is 14.6 Å². The molecule has 0 saturated heterocycles. The van der Waals surface area contributed by atoms with E-state index in [1.54, 1.807) is 36.7 Å². The van der Waals surface area contributed by atoms with Gasteiger partial charge in [-0.05, 0) is 36.8 Å². The molecule has 16 heteroatoms. The Morgan fingerprint density at radius 1 is 1.07 bits per heavy atom. The molecule has 0 fully saturated rings. The Hall–Kier alpha value is -4.60. The van der Waals surface area contributed by atoms with Gasteiger partial charge in [0.2, 0.25) is 0 Å².